The molecule has 3 atom stereocenters. The minimum absolute atomic E-state index is 0.0562. The molecule has 2 aliphatic rings. The zero-order valence-electron chi connectivity index (χ0n) is 10.7. The van der Waals surface area contributed by atoms with Crippen LogP contribution in [0.25, 0.3) is 0 Å². The first-order chi connectivity index (χ1) is 9.11. The SMILES string of the molecule is O=C(NC[C@@H]1C[C@@H]2CC[C@@H]1C2)c1cc(F)cc(F)c1. The number of benzene rings is 1. The first-order valence-electron chi connectivity index (χ1n) is 6.86. The van der Waals surface area contributed by atoms with Gasteiger partial charge in [0, 0.05) is 18.2 Å². The van der Waals surface area contributed by atoms with Crippen LogP contribution in [0.3, 0.4) is 0 Å². The third-order valence-electron chi connectivity index (χ3n) is 4.53. The predicted molar refractivity (Wildman–Crippen MR) is 67.6 cm³/mol. The maximum absolute atomic E-state index is 13.0. The average Bonchev–Trinajstić information content (AvgIpc) is 2.96. The fraction of sp³-hybridized carbons (Fsp3) is 0.533. The van der Waals surface area contributed by atoms with Crippen LogP contribution in [0.4, 0.5) is 8.78 Å². The van der Waals surface area contributed by atoms with Gasteiger partial charge in [-0.05, 0) is 49.1 Å². The lowest BCUT2D eigenvalue weighted by Gasteiger charge is -2.21. The summed E-state index contributed by atoms with van der Waals surface area (Å²) >= 11 is 0. The van der Waals surface area contributed by atoms with Crippen molar-refractivity contribution >= 4 is 5.91 Å². The summed E-state index contributed by atoms with van der Waals surface area (Å²) in [5.41, 5.74) is 0.0562. The molecule has 2 nitrogen and oxygen atoms in total. The van der Waals surface area contributed by atoms with E-state index in [1.807, 2.05) is 0 Å². The van der Waals surface area contributed by atoms with E-state index in [4.69, 9.17) is 0 Å². The predicted octanol–water partition coefficient (Wildman–Crippen LogP) is 3.13. The highest BCUT2D eigenvalue weighted by Gasteiger charge is 2.39. The van der Waals surface area contributed by atoms with Gasteiger partial charge in [-0.25, -0.2) is 8.78 Å². The van der Waals surface area contributed by atoms with Crippen molar-refractivity contribution in [1.29, 1.82) is 0 Å². The molecule has 0 aromatic heterocycles. The number of carbonyl (C=O) groups is 1. The fourth-order valence-electron chi connectivity index (χ4n) is 3.64. The first-order valence-corrected chi connectivity index (χ1v) is 6.86. The summed E-state index contributed by atoms with van der Waals surface area (Å²) in [4.78, 5) is 11.9. The van der Waals surface area contributed by atoms with Gasteiger partial charge in [0.2, 0.25) is 0 Å². The van der Waals surface area contributed by atoms with Gasteiger partial charge in [-0.15, -0.1) is 0 Å². The third-order valence-corrected chi connectivity index (χ3v) is 4.53. The number of carbonyl (C=O) groups excluding carboxylic acids is 1. The summed E-state index contributed by atoms with van der Waals surface area (Å²) in [5.74, 6) is 0.283. The van der Waals surface area contributed by atoms with Crippen molar-refractivity contribution in [2.24, 2.45) is 17.8 Å². The van der Waals surface area contributed by atoms with E-state index in [-0.39, 0.29) is 11.5 Å². The standard InChI is InChI=1S/C15H17F2NO/c16-13-5-11(6-14(17)7-13)15(19)18-8-12-4-9-1-2-10(12)3-9/h5-7,9-10,12H,1-4,8H2,(H,18,19)/t9-,10-,12+/m1/s1. The lowest BCUT2D eigenvalue weighted by molar-refractivity contribution is 0.0941. The van der Waals surface area contributed by atoms with Crippen molar-refractivity contribution < 1.29 is 13.6 Å². The third kappa shape index (κ3) is 2.62. The summed E-state index contributed by atoms with van der Waals surface area (Å²) < 4.78 is 26.1. The smallest absolute Gasteiger partial charge is 0.251 e. The van der Waals surface area contributed by atoms with Crippen LogP contribution in [-0.2, 0) is 0 Å². The molecule has 4 heteroatoms. The molecule has 1 amide bonds. The van der Waals surface area contributed by atoms with Gasteiger partial charge in [-0.1, -0.05) is 6.42 Å². The number of halogens is 2. The van der Waals surface area contributed by atoms with Crippen molar-refractivity contribution in [3.63, 3.8) is 0 Å². The molecule has 0 radical (unpaired) electrons. The molecule has 1 aromatic carbocycles. The Morgan fingerprint density at radius 3 is 2.47 bits per heavy atom. The first kappa shape index (κ1) is 12.6. The van der Waals surface area contributed by atoms with E-state index < -0.39 is 11.6 Å². The highest BCUT2D eigenvalue weighted by Crippen LogP contribution is 2.47. The topological polar surface area (TPSA) is 29.1 Å². The molecule has 2 fully saturated rings. The van der Waals surface area contributed by atoms with E-state index in [1.165, 1.54) is 25.7 Å². The molecule has 0 spiro atoms. The largest absolute Gasteiger partial charge is 0.352 e. The lowest BCUT2D eigenvalue weighted by atomic mass is 9.89. The zero-order chi connectivity index (χ0) is 13.4. The Morgan fingerprint density at radius 2 is 1.89 bits per heavy atom. The number of hydrogen-bond donors (Lipinski definition) is 1. The Labute approximate surface area is 111 Å². The lowest BCUT2D eigenvalue weighted by Crippen LogP contribution is -2.31. The Morgan fingerprint density at radius 1 is 1.16 bits per heavy atom. The number of fused-ring (bicyclic) bond motifs is 2. The molecule has 0 aliphatic heterocycles. The van der Waals surface area contributed by atoms with Crippen LogP contribution in [-0.4, -0.2) is 12.5 Å². The number of rotatable bonds is 3. The number of amides is 1. The summed E-state index contributed by atoms with van der Waals surface area (Å²) in [5, 5.41) is 2.81. The van der Waals surface area contributed by atoms with Crippen LogP contribution in [0.5, 0.6) is 0 Å². The highest BCUT2D eigenvalue weighted by molar-refractivity contribution is 5.94. The molecule has 1 aromatic rings. The van der Waals surface area contributed by atoms with Crippen LogP contribution in [0.1, 0.15) is 36.0 Å². The quantitative estimate of drug-likeness (QED) is 0.893. The van der Waals surface area contributed by atoms with Crippen LogP contribution < -0.4 is 5.32 Å². The molecule has 102 valence electrons. The Balaban J connectivity index is 1.59. The monoisotopic (exact) mass is 265 g/mol. The van der Waals surface area contributed by atoms with Crippen molar-refractivity contribution in [3.8, 4) is 0 Å². The molecular weight excluding hydrogens is 248 g/mol. The van der Waals surface area contributed by atoms with Gasteiger partial charge >= 0.3 is 0 Å². The molecule has 2 bridgehead atoms. The van der Waals surface area contributed by atoms with E-state index in [1.54, 1.807) is 0 Å². The van der Waals surface area contributed by atoms with E-state index in [0.717, 1.165) is 30.0 Å². The summed E-state index contributed by atoms with van der Waals surface area (Å²) in [6.45, 7) is 0.623. The minimum atomic E-state index is -0.718. The van der Waals surface area contributed by atoms with E-state index in [9.17, 15) is 13.6 Å². The van der Waals surface area contributed by atoms with E-state index in [0.29, 0.717) is 12.5 Å². The van der Waals surface area contributed by atoms with Gasteiger partial charge in [0.1, 0.15) is 11.6 Å². The van der Waals surface area contributed by atoms with Crippen molar-refractivity contribution in [2.75, 3.05) is 6.54 Å². The summed E-state index contributed by atoms with van der Waals surface area (Å²) in [6, 6.07) is 2.91. The van der Waals surface area contributed by atoms with Crippen LogP contribution >= 0.6 is 0 Å². The number of hydrogen-bond acceptors (Lipinski definition) is 1. The van der Waals surface area contributed by atoms with Crippen LogP contribution in [0.2, 0.25) is 0 Å². The van der Waals surface area contributed by atoms with E-state index in [2.05, 4.69) is 5.32 Å². The second-order valence-corrected chi connectivity index (χ2v) is 5.80. The highest BCUT2D eigenvalue weighted by atomic mass is 19.1. The zero-order valence-corrected chi connectivity index (χ0v) is 10.7. The Bertz CT molecular complexity index is 483. The van der Waals surface area contributed by atoms with Crippen molar-refractivity contribution in [2.45, 2.75) is 25.7 Å². The maximum Gasteiger partial charge on any atom is 0.251 e. The second-order valence-electron chi connectivity index (χ2n) is 5.80. The Kier molecular flexibility index (Phi) is 3.25. The Hall–Kier alpha value is -1.45. The summed E-state index contributed by atoms with van der Waals surface area (Å²) in [6.07, 6.45) is 5.06. The van der Waals surface area contributed by atoms with Crippen LogP contribution in [0.15, 0.2) is 18.2 Å². The molecule has 1 N–H and O–H groups in total. The molecule has 2 aliphatic carbocycles. The molecule has 3 rings (SSSR count). The van der Waals surface area contributed by atoms with Gasteiger partial charge in [0.05, 0.1) is 0 Å². The summed E-state index contributed by atoms with van der Waals surface area (Å²) in [7, 11) is 0. The molecular formula is C15H17F2NO. The number of nitrogens with one attached hydrogen (secondary N) is 1. The minimum Gasteiger partial charge on any atom is -0.352 e. The fourth-order valence-corrected chi connectivity index (χ4v) is 3.64. The van der Waals surface area contributed by atoms with Gasteiger partial charge in [-0.2, -0.15) is 0 Å². The molecule has 0 heterocycles. The van der Waals surface area contributed by atoms with Crippen LogP contribution in [0, 0.1) is 29.4 Å². The molecule has 2 saturated carbocycles. The molecule has 0 unspecified atom stereocenters. The van der Waals surface area contributed by atoms with Crippen molar-refractivity contribution in [3.05, 3.63) is 35.4 Å². The second kappa shape index (κ2) is 4.91. The van der Waals surface area contributed by atoms with E-state index >= 15 is 0 Å². The molecule has 19 heavy (non-hydrogen) atoms. The molecule has 0 saturated heterocycles. The van der Waals surface area contributed by atoms with Gasteiger partial charge in [-0.3, -0.25) is 4.79 Å². The average molecular weight is 265 g/mol. The van der Waals surface area contributed by atoms with Crippen molar-refractivity contribution in [1.82, 2.24) is 5.32 Å². The van der Waals surface area contributed by atoms with Gasteiger partial charge < -0.3 is 5.32 Å². The maximum atomic E-state index is 13.0. The van der Waals surface area contributed by atoms with Gasteiger partial charge in [0.15, 0.2) is 0 Å². The van der Waals surface area contributed by atoms with Gasteiger partial charge in [0.25, 0.3) is 5.91 Å². The normalized spacial score (nSPS) is 28.6.